The van der Waals surface area contributed by atoms with Gasteiger partial charge in [0, 0.05) is 14.1 Å². The molecular formula is C9H12ClN7OS. The molecule has 0 saturated heterocycles. The van der Waals surface area contributed by atoms with Gasteiger partial charge in [0.1, 0.15) is 5.69 Å². The van der Waals surface area contributed by atoms with Crippen molar-refractivity contribution in [3.8, 4) is 11.5 Å². The van der Waals surface area contributed by atoms with Gasteiger partial charge in [0.2, 0.25) is 5.91 Å². The molecule has 3 N–H and O–H groups in total. The number of carbonyl (C=O) groups is 1. The van der Waals surface area contributed by atoms with Crippen molar-refractivity contribution < 1.29 is 4.79 Å². The zero-order valence-corrected chi connectivity index (χ0v) is 11.9. The monoisotopic (exact) mass is 301 g/mol. The van der Waals surface area contributed by atoms with Crippen molar-refractivity contribution in [3.05, 3.63) is 11.2 Å². The summed E-state index contributed by atoms with van der Waals surface area (Å²) in [7, 11) is 3.56. The van der Waals surface area contributed by atoms with Crippen LogP contribution in [-0.2, 0) is 18.9 Å². The van der Waals surface area contributed by atoms with Gasteiger partial charge in [-0.15, -0.1) is 10.2 Å². The van der Waals surface area contributed by atoms with E-state index in [0.29, 0.717) is 21.7 Å². The Bertz CT molecular complexity index is 588. The molecule has 0 aliphatic carbocycles. The number of nitrogens with one attached hydrogen (secondary N) is 1. The Morgan fingerprint density at radius 2 is 2.26 bits per heavy atom. The molecule has 0 spiro atoms. The number of rotatable bonds is 4. The first-order valence-electron chi connectivity index (χ1n) is 5.24. The predicted octanol–water partition coefficient (Wildman–Crippen LogP) is -0.0490. The molecule has 0 fully saturated rings. The van der Waals surface area contributed by atoms with Crippen LogP contribution in [0.25, 0.3) is 11.5 Å². The van der Waals surface area contributed by atoms with E-state index in [-0.39, 0.29) is 11.7 Å². The fourth-order valence-electron chi connectivity index (χ4n) is 1.48. The second kappa shape index (κ2) is 5.59. The molecule has 0 bridgehead atoms. The Kier molecular flexibility index (Phi) is 4.08. The van der Waals surface area contributed by atoms with Gasteiger partial charge in [-0.1, -0.05) is 23.4 Å². The van der Waals surface area contributed by atoms with Crippen LogP contribution < -0.4 is 11.3 Å². The molecule has 0 aliphatic rings. The number of carbonyl (C=O) groups excluding carboxylic acids is 1. The maximum absolute atomic E-state index is 11.1. The SMILES string of the molecule is Cn1ncc(Cl)c1-c1nnc(SCC(=O)NN)n1C. The third kappa shape index (κ3) is 2.72. The van der Waals surface area contributed by atoms with E-state index in [9.17, 15) is 4.79 Å². The molecule has 0 radical (unpaired) electrons. The van der Waals surface area contributed by atoms with Gasteiger partial charge in [0.05, 0.1) is 17.0 Å². The number of halogens is 1. The summed E-state index contributed by atoms with van der Waals surface area (Å²) < 4.78 is 3.37. The molecule has 0 saturated carbocycles. The van der Waals surface area contributed by atoms with E-state index in [1.54, 1.807) is 29.5 Å². The molecule has 0 unspecified atom stereocenters. The van der Waals surface area contributed by atoms with Crippen molar-refractivity contribution in [1.82, 2.24) is 30.0 Å². The third-order valence-electron chi connectivity index (χ3n) is 2.43. The Balaban J connectivity index is 2.26. The largest absolute Gasteiger partial charge is 0.304 e. The quantitative estimate of drug-likeness (QED) is 0.355. The standard InChI is InChI=1S/C9H12ClN7OS/c1-16-8(7-5(10)3-12-17(7)2)14-15-9(16)19-4-6(18)13-11/h3H,4,11H2,1-2H3,(H,13,18). The molecule has 2 rings (SSSR count). The van der Waals surface area contributed by atoms with Crippen LogP contribution in [0.1, 0.15) is 0 Å². The van der Waals surface area contributed by atoms with Crippen LogP contribution in [0.2, 0.25) is 5.02 Å². The average Bonchev–Trinajstić information content (AvgIpc) is 2.90. The van der Waals surface area contributed by atoms with Crippen LogP contribution in [0.5, 0.6) is 0 Å². The molecule has 8 nitrogen and oxygen atoms in total. The van der Waals surface area contributed by atoms with Crippen molar-refractivity contribution in [1.29, 1.82) is 0 Å². The first kappa shape index (κ1) is 13.8. The lowest BCUT2D eigenvalue weighted by molar-refractivity contribution is -0.118. The summed E-state index contributed by atoms with van der Waals surface area (Å²) in [5, 5.41) is 13.2. The maximum atomic E-state index is 11.1. The van der Waals surface area contributed by atoms with E-state index in [2.05, 4.69) is 20.7 Å². The van der Waals surface area contributed by atoms with Crippen molar-refractivity contribution >= 4 is 29.3 Å². The lowest BCUT2D eigenvalue weighted by Gasteiger charge is -2.04. The molecule has 19 heavy (non-hydrogen) atoms. The number of thioether (sulfide) groups is 1. The molecule has 10 heteroatoms. The summed E-state index contributed by atoms with van der Waals surface area (Å²) in [6.07, 6.45) is 1.54. The molecule has 2 aromatic heterocycles. The fourth-order valence-corrected chi connectivity index (χ4v) is 2.45. The highest BCUT2D eigenvalue weighted by Crippen LogP contribution is 2.27. The van der Waals surface area contributed by atoms with Crippen LogP contribution in [0, 0.1) is 0 Å². The molecule has 0 aliphatic heterocycles. The van der Waals surface area contributed by atoms with Crippen molar-refractivity contribution in [2.75, 3.05) is 5.75 Å². The molecule has 1 amide bonds. The van der Waals surface area contributed by atoms with Crippen LogP contribution in [0.15, 0.2) is 11.4 Å². The van der Waals surface area contributed by atoms with Crippen molar-refractivity contribution in [3.63, 3.8) is 0 Å². The van der Waals surface area contributed by atoms with Crippen LogP contribution in [0.4, 0.5) is 0 Å². The lowest BCUT2D eigenvalue weighted by atomic mass is 10.4. The molecule has 0 aromatic carbocycles. The van der Waals surface area contributed by atoms with Gasteiger partial charge in [-0.3, -0.25) is 14.9 Å². The molecule has 2 aromatic rings. The summed E-state index contributed by atoms with van der Waals surface area (Å²) in [6.45, 7) is 0. The minimum atomic E-state index is -0.284. The van der Waals surface area contributed by atoms with E-state index in [1.165, 1.54) is 11.8 Å². The number of nitrogens with two attached hydrogens (primary N) is 1. The highest BCUT2D eigenvalue weighted by Gasteiger charge is 2.18. The van der Waals surface area contributed by atoms with Gasteiger partial charge >= 0.3 is 0 Å². The summed E-state index contributed by atoms with van der Waals surface area (Å²) in [5.74, 6) is 5.48. The van der Waals surface area contributed by atoms with Crippen molar-refractivity contribution in [2.24, 2.45) is 19.9 Å². The topological polar surface area (TPSA) is 104 Å². The molecule has 0 atom stereocenters. The molecule has 102 valence electrons. The van der Waals surface area contributed by atoms with Crippen LogP contribution >= 0.6 is 23.4 Å². The average molecular weight is 302 g/mol. The highest BCUT2D eigenvalue weighted by atomic mass is 35.5. The second-order valence-corrected chi connectivity index (χ2v) is 5.04. The van der Waals surface area contributed by atoms with Gasteiger partial charge in [-0.05, 0) is 0 Å². The zero-order chi connectivity index (χ0) is 14.0. The number of amides is 1. The maximum Gasteiger partial charge on any atom is 0.244 e. The van der Waals surface area contributed by atoms with Gasteiger partial charge in [0.15, 0.2) is 11.0 Å². The molecule has 2 heterocycles. The Labute approximate surface area is 118 Å². The van der Waals surface area contributed by atoms with E-state index in [1.807, 2.05) is 0 Å². The Morgan fingerprint density at radius 3 is 2.84 bits per heavy atom. The number of nitrogens with zero attached hydrogens (tertiary/aromatic N) is 5. The van der Waals surface area contributed by atoms with Crippen molar-refractivity contribution in [2.45, 2.75) is 5.16 Å². The fraction of sp³-hybridized carbons (Fsp3) is 0.333. The predicted molar refractivity (Wildman–Crippen MR) is 71.3 cm³/mol. The summed E-state index contributed by atoms with van der Waals surface area (Å²) in [5.41, 5.74) is 2.73. The number of hydrogen-bond donors (Lipinski definition) is 2. The summed E-state index contributed by atoms with van der Waals surface area (Å²) >= 11 is 7.29. The van der Waals surface area contributed by atoms with E-state index in [4.69, 9.17) is 17.4 Å². The normalized spacial score (nSPS) is 10.7. The third-order valence-corrected chi connectivity index (χ3v) is 3.73. The number of aryl methyl sites for hydroxylation is 1. The van der Waals surface area contributed by atoms with E-state index < -0.39 is 0 Å². The molecular weight excluding hydrogens is 290 g/mol. The second-order valence-electron chi connectivity index (χ2n) is 3.69. The highest BCUT2D eigenvalue weighted by molar-refractivity contribution is 7.99. The zero-order valence-electron chi connectivity index (χ0n) is 10.3. The number of hydrogen-bond acceptors (Lipinski definition) is 6. The Morgan fingerprint density at radius 1 is 1.53 bits per heavy atom. The summed E-state index contributed by atoms with van der Waals surface area (Å²) in [6, 6.07) is 0. The minimum Gasteiger partial charge on any atom is -0.304 e. The first-order valence-corrected chi connectivity index (χ1v) is 6.60. The van der Waals surface area contributed by atoms with Gasteiger partial charge in [-0.25, -0.2) is 5.84 Å². The first-order chi connectivity index (χ1) is 9.04. The van der Waals surface area contributed by atoms with Gasteiger partial charge < -0.3 is 4.57 Å². The van der Waals surface area contributed by atoms with Gasteiger partial charge in [-0.2, -0.15) is 5.10 Å². The van der Waals surface area contributed by atoms with Crippen LogP contribution in [-0.4, -0.2) is 36.2 Å². The minimum absolute atomic E-state index is 0.168. The summed E-state index contributed by atoms with van der Waals surface area (Å²) in [4.78, 5) is 11.1. The number of hydrazine groups is 1. The van der Waals surface area contributed by atoms with E-state index >= 15 is 0 Å². The Hall–Kier alpha value is -1.58. The smallest absolute Gasteiger partial charge is 0.244 e. The van der Waals surface area contributed by atoms with E-state index in [0.717, 1.165) is 0 Å². The van der Waals surface area contributed by atoms with Crippen LogP contribution in [0.3, 0.4) is 0 Å². The number of aromatic nitrogens is 5. The van der Waals surface area contributed by atoms with Gasteiger partial charge in [0.25, 0.3) is 0 Å². The lowest BCUT2D eigenvalue weighted by Crippen LogP contribution is -2.31.